The Morgan fingerprint density at radius 3 is 2.67 bits per heavy atom. The summed E-state index contributed by atoms with van der Waals surface area (Å²) in [4.78, 5) is 33.7. The van der Waals surface area contributed by atoms with Crippen molar-refractivity contribution in [2.24, 2.45) is 0 Å². The van der Waals surface area contributed by atoms with E-state index >= 15 is 0 Å². The van der Waals surface area contributed by atoms with Crippen LogP contribution in [0.1, 0.15) is 21.6 Å². The van der Waals surface area contributed by atoms with Gasteiger partial charge in [-0.05, 0) is 48.9 Å². The van der Waals surface area contributed by atoms with Gasteiger partial charge in [-0.1, -0.05) is 0 Å². The number of ether oxygens (including phenoxy) is 1. The number of aromatic amines is 1. The maximum Gasteiger partial charge on any atom is 0.254 e. The number of benzene rings is 2. The first-order valence-electron chi connectivity index (χ1n) is 13.0. The molecule has 0 atom stereocenters. The highest BCUT2D eigenvalue weighted by Gasteiger charge is 2.23. The Kier molecular flexibility index (Phi) is 6.87. The van der Waals surface area contributed by atoms with Crippen LogP contribution in [-0.4, -0.2) is 73.3 Å². The fourth-order valence-electron chi connectivity index (χ4n) is 5.06. The van der Waals surface area contributed by atoms with E-state index in [9.17, 15) is 9.18 Å². The van der Waals surface area contributed by atoms with Crippen LogP contribution in [0.4, 0.5) is 15.9 Å². The second kappa shape index (κ2) is 10.8. The average Bonchev–Trinajstić information content (AvgIpc) is 3.64. The van der Waals surface area contributed by atoms with Crippen molar-refractivity contribution >= 4 is 23.1 Å². The van der Waals surface area contributed by atoms with E-state index in [-0.39, 0.29) is 11.7 Å². The largest absolute Gasteiger partial charge is 0.494 e. The second-order valence-corrected chi connectivity index (χ2v) is 9.76. The first-order chi connectivity index (χ1) is 19.5. The number of nitrogens with one attached hydrogen (secondary N) is 2. The molecule has 11 heteroatoms. The second-order valence-electron chi connectivity index (χ2n) is 9.76. The summed E-state index contributed by atoms with van der Waals surface area (Å²) in [5.41, 5.74) is 5.42. The first-order valence-corrected chi connectivity index (χ1v) is 13.0. The van der Waals surface area contributed by atoms with Crippen LogP contribution < -0.4 is 10.1 Å². The van der Waals surface area contributed by atoms with Crippen molar-refractivity contribution in [2.75, 3.05) is 38.6 Å². The Morgan fingerprint density at radius 2 is 1.95 bits per heavy atom. The fraction of sp³-hybridized carbons (Fsp3) is 0.241. The van der Waals surface area contributed by atoms with Crippen LogP contribution in [0, 0.1) is 12.7 Å². The van der Waals surface area contributed by atoms with Crippen LogP contribution in [0.5, 0.6) is 5.75 Å². The minimum atomic E-state index is -0.441. The van der Waals surface area contributed by atoms with E-state index in [0.717, 1.165) is 42.3 Å². The number of halogens is 1. The molecule has 10 nitrogen and oxygen atoms in total. The van der Waals surface area contributed by atoms with Crippen molar-refractivity contribution in [1.82, 2.24) is 34.1 Å². The quantitative estimate of drug-likeness (QED) is 0.318. The Bertz CT molecular complexity index is 1660. The van der Waals surface area contributed by atoms with E-state index in [2.05, 4.69) is 30.2 Å². The Hall–Kier alpha value is -4.77. The van der Waals surface area contributed by atoms with E-state index in [4.69, 9.17) is 4.74 Å². The lowest BCUT2D eigenvalue weighted by Gasteiger charge is -2.34. The third-order valence-electron chi connectivity index (χ3n) is 7.20. The smallest absolute Gasteiger partial charge is 0.254 e. The molecule has 0 bridgehead atoms. The molecule has 1 saturated heterocycles. The first kappa shape index (κ1) is 25.5. The summed E-state index contributed by atoms with van der Waals surface area (Å²) in [5.74, 6) is 0.333. The molecule has 4 heterocycles. The molecule has 0 saturated carbocycles. The van der Waals surface area contributed by atoms with Gasteiger partial charge in [0.25, 0.3) is 5.91 Å². The zero-order valence-corrected chi connectivity index (χ0v) is 22.3. The number of hydrogen-bond donors (Lipinski definition) is 2. The molecule has 6 rings (SSSR count). The number of imidazole rings is 2. The van der Waals surface area contributed by atoms with Crippen molar-refractivity contribution in [1.29, 1.82) is 0 Å². The molecule has 0 spiro atoms. The number of aromatic nitrogens is 5. The van der Waals surface area contributed by atoms with E-state index in [1.54, 1.807) is 37.1 Å². The van der Waals surface area contributed by atoms with Crippen molar-refractivity contribution < 1.29 is 13.9 Å². The third kappa shape index (κ3) is 4.98. The summed E-state index contributed by atoms with van der Waals surface area (Å²) in [5, 5.41) is 3.33. The van der Waals surface area contributed by atoms with Gasteiger partial charge in [0.05, 0.1) is 25.3 Å². The minimum absolute atomic E-state index is 0.0371. The standard InChI is InChI=1S/C29H29FN8O2/c1-19-13-21(4-5-23(19)29(39)37-11-9-36(10-12-37)17-22-15-31-18-34-22)35-27-28-33-16-25(38(28)8-7-32-27)20-3-6-26(40-2)24(30)14-20/h3-8,13-16,18H,9-12,17H2,1-2H3,(H,31,34)(H,32,35). The van der Waals surface area contributed by atoms with Crippen molar-refractivity contribution in [3.8, 4) is 17.0 Å². The van der Waals surface area contributed by atoms with Gasteiger partial charge in [0, 0.05) is 73.8 Å². The van der Waals surface area contributed by atoms with Crippen LogP contribution in [0.2, 0.25) is 0 Å². The van der Waals surface area contributed by atoms with E-state index < -0.39 is 5.82 Å². The molecular weight excluding hydrogens is 511 g/mol. The number of carbonyl (C=O) groups excluding carboxylic acids is 1. The highest BCUT2D eigenvalue weighted by Crippen LogP contribution is 2.29. The number of methoxy groups -OCH3 is 1. The summed E-state index contributed by atoms with van der Waals surface area (Å²) in [7, 11) is 1.44. The number of fused-ring (bicyclic) bond motifs is 1. The van der Waals surface area contributed by atoms with Crippen molar-refractivity contribution in [2.45, 2.75) is 13.5 Å². The van der Waals surface area contributed by atoms with Crippen molar-refractivity contribution in [3.63, 3.8) is 0 Å². The van der Waals surface area contributed by atoms with Gasteiger partial charge in [0.1, 0.15) is 0 Å². The maximum absolute atomic E-state index is 14.3. The number of H-pyrrole nitrogens is 1. The normalized spacial score (nSPS) is 14.0. The van der Waals surface area contributed by atoms with Gasteiger partial charge >= 0.3 is 0 Å². The molecule has 3 aromatic heterocycles. The highest BCUT2D eigenvalue weighted by molar-refractivity contribution is 5.96. The van der Waals surface area contributed by atoms with Gasteiger partial charge in [-0.2, -0.15) is 0 Å². The third-order valence-corrected chi connectivity index (χ3v) is 7.20. The zero-order chi connectivity index (χ0) is 27.6. The van der Waals surface area contributed by atoms with Crippen molar-refractivity contribution in [3.05, 3.63) is 90.2 Å². The number of anilines is 2. The van der Waals surface area contributed by atoms with Gasteiger partial charge in [0.2, 0.25) is 0 Å². The minimum Gasteiger partial charge on any atom is -0.494 e. The summed E-state index contributed by atoms with van der Waals surface area (Å²) in [6, 6.07) is 10.5. The molecular formula is C29H29FN8O2. The lowest BCUT2D eigenvalue weighted by atomic mass is 10.1. The van der Waals surface area contributed by atoms with Crippen LogP contribution in [0.25, 0.3) is 16.9 Å². The summed E-state index contributed by atoms with van der Waals surface area (Å²) in [6.45, 7) is 5.73. The molecule has 2 N–H and O–H groups in total. The molecule has 0 radical (unpaired) electrons. The SMILES string of the molecule is COc1ccc(-c2cnc3c(Nc4ccc(C(=O)N5CCN(Cc6cnc[nH]6)CC5)c(C)c4)nccn23)cc1F. The van der Waals surface area contributed by atoms with Crippen LogP contribution in [-0.2, 0) is 6.54 Å². The number of carbonyl (C=O) groups is 1. The number of amides is 1. The zero-order valence-electron chi connectivity index (χ0n) is 22.3. The number of piperazine rings is 1. The molecule has 40 heavy (non-hydrogen) atoms. The predicted molar refractivity (Wildman–Crippen MR) is 149 cm³/mol. The monoisotopic (exact) mass is 540 g/mol. The molecule has 1 amide bonds. The van der Waals surface area contributed by atoms with Gasteiger partial charge in [-0.3, -0.25) is 14.1 Å². The lowest BCUT2D eigenvalue weighted by Crippen LogP contribution is -2.48. The highest BCUT2D eigenvalue weighted by atomic mass is 19.1. The number of rotatable bonds is 7. The van der Waals surface area contributed by atoms with Crippen LogP contribution in [0.3, 0.4) is 0 Å². The predicted octanol–water partition coefficient (Wildman–Crippen LogP) is 4.28. The number of aryl methyl sites for hydroxylation is 1. The number of nitrogens with zero attached hydrogens (tertiary/aromatic N) is 6. The Labute approximate surface area is 230 Å². The van der Waals surface area contributed by atoms with Gasteiger partial charge in [-0.25, -0.2) is 19.3 Å². The van der Waals surface area contributed by atoms with Crippen LogP contribution in [0.15, 0.2) is 67.5 Å². The maximum atomic E-state index is 14.3. The summed E-state index contributed by atoms with van der Waals surface area (Å²) >= 11 is 0. The van der Waals surface area contributed by atoms with Gasteiger partial charge < -0.3 is 19.9 Å². The lowest BCUT2D eigenvalue weighted by molar-refractivity contribution is 0.0626. The van der Waals surface area contributed by atoms with Gasteiger partial charge in [-0.15, -0.1) is 0 Å². The molecule has 0 aliphatic carbocycles. The van der Waals surface area contributed by atoms with E-state index in [1.165, 1.54) is 13.2 Å². The molecule has 5 aromatic rings. The van der Waals surface area contributed by atoms with Gasteiger partial charge in [0.15, 0.2) is 23.0 Å². The Balaban J connectivity index is 1.16. The molecule has 1 aliphatic heterocycles. The molecule has 2 aromatic carbocycles. The summed E-state index contributed by atoms with van der Waals surface area (Å²) in [6.07, 6.45) is 8.65. The fourth-order valence-corrected chi connectivity index (χ4v) is 5.06. The van der Waals surface area contributed by atoms with Crippen LogP contribution >= 0.6 is 0 Å². The molecule has 204 valence electrons. The number of hydrogen-bond acceptors (Lipinski definition) is 7. The Morgan fingerprint density at radius 1 is 1.10 bits per heavy atom. The molecule has 1 fully saturated rings. The van der Waals surface area contributed by atoms with E-state index in [0.29, 0.717) is 35.7 Å². The summed E-state index contributed by atoms with van der Waals surface area (Å²) < 4.78 is 21.2. The van der Waals surface area contributed by atoms with E-state index in [1.807, 2.05) is 40.6 Å². The topological polar surface area (TPSA) is 104 Å². The molecule has 1 aliphatic rings. The average molecular weight is 541 g/mol. The molecule has 0 unspecified atom stereocenters.